The van der Waals surface area contributed by atoms with Gasteiger partial charge >= 0.3 is 6.03 Å². The second-order valence-electron chi connectivity index (χ2n) is 8.58. The Morgan fingerprint density at radius 1 is 1.14 bits per heavy atom. The molecule has 186 valence electrons. The van der Waals surface area contributed by atoms with Gasteiger partial charge in [0.2, 0.25) is 4.96 Å². The summed E-state index contributed by atoms with van der Waals surface area (Å²) in [6.07, 6.45) is 0. The zero-order valence-corrected chi connectivity index (χ0v) is 21.5. The van der Waals surface area contributed by atoms with Gasteiger partial charge in [0.25, 0.3) is 5.56 Å². The van der Waals surface area contributed by atoms with Gasteiger partial charge in [-0.05, 0) is 36.8 Å². The lowest BCUT2D eigenvalue weighted by Gasteiger charge is -2.34. The molecule has 1 aliphatic rings. The predicted octanol–water partition coefficient (Wildman–Crippen LogP) is 4.14. The van der Waals surface area contributed by atoms with Crippen molar-refractivity contribution in [3.8, 4) is 16.3 Å². The highest BCUT2D eigenvalue weighted by molar-refractivity contribution is 7.19. The van der Waals surface area contributed by atoms with Gasteiger partial charge in [-0.15, -0.1) is 0 Å². The van der Waals surface area contributed by atoms with E-state index in [1.807, 2.05) is 43.3 Å². The highest BCUT2D eigenvalue weighted by Crippen LogP contribution is 2.27. The molecule has 5 rings (SSSR count). The van der Waals surface area contributed by atoms with Gasteiger partial charge in [0.1, 0.15) is 10.8 Å². The number of carbonyl (C=O) groups is 1. The molecule has 4 aromatic rings. The third-order valence-corrected chi connectivity index (χ3v) is 7.45. The summed E-state index contributed by atoms with van der Waals surface area (Å²) in [5, 5.41) is 8.68. The standard InChI is InChI=1S/C25H25ClN6O3S/c1-16-6-7-18(13-21(16)26)27-24(34)31-10-8-30(9-11-31)15-19-14-22(33)32-25(28-19)36-23(29-32)17-4-3-5-20(12-17)35-2/h3-7,12-14H,8-11,15H2,1-2H3,(H,27,34). The first kappa shape index (κ1) is 24.2. The predicted molar refractivity (Wildman–Crippen MR) is 141 cm³/mol. The first-order valence-electron chi connectivity index (χ1n) is 11.5. The van der Waals surface area contributed by atoms with Crippen LogP contribution >= 0.6 is 22.9 Å². The van der Waals surface area contributed by atoms with E-state index in [2.05, 4.69) is 20.3 Å². The summed E-state index contributed by atoms with van der Waals surface area (Å²) in [5.41, 5.74) is 2.98. The number of carbonyl (C=O) groups excluding carboxylic acids is 1. The number of aryl methyl sites for hydroxylation is 1. The molecule has 0 saturated carbocycles. The van der Waals surface area contributed by atoms with Gasteiger partial charge in [-0.1, -0.05) is 41.1 Å². The lowest BCUT2D eigenvalue weighted by Crippen LogP contribution is -2.49. The molecular weight excluding hydrogens is 500 g/mol. The minimum atomic E-state index is -0.213. The van der Waals surface area contributed by atoms with Crippen molar-refractivity contribution >= 4 is 39.6 Å². The molecule has 9 nitrogen and oxygen atoms in total. The number of hydrogen-bond donors (Lipinski definition) is 1. The normalized spacial score (nSPS) is 14.2. The number of anilines is 1. The Morgan fingerprint density at radius 3 is 2.69 bits per heavy atom. The van der Waals surface area contributed by atoms with E-state index >= 15 is 0 Å². The number of nitrogens with zero attached hydrogens (tertiary/aromatic N) is 5. The third-order valence-electron chi connectivity index (χ3n) is 6.08. The Balaban J connectivity index is 1.23. The van der Waals surface area contributed by atoms with Gasteiger partial charge in [-0.2, -0.15) is 9.61 Å². The van der Waals surface area contributed by atoms with Crippen LogP contribution in [0.5, 0.6) is 5.75 Å². The summed E-state index contributed by atoms with van der Waals surface area (Å²) in [6, 6.07) is 14.4. The zero-order chi connectivity index (χ0) is 25.2. The smallest absolute Gasteiger partial charge is 0.321 e. The van der Waals surface area contributed by atoms with Crippen LogP contribution in [0, 0.1) is 6.92 Å². The van der Waals surface area contributed by atoms with E-state index in [0.717, 1.165) is 16.9 Å². The Kier molecular flexibility index (Phi) is 6.90. The van der Waals surface area contributed by atoms with Crippen molar-refractivity contribution in [1.82, 2.24) is 24.4 Å². The first-order valence-corrected chi connectivity index (χ1v) is 12.7. The van der Waals surface area contributed by atoms with Crippen molar-refractivity contribution in [1.29, 1.82) is 0 Å². The molecule has 11 heteroatoms. The number of hydrogen-bond acceptors (Lipinski definition) is 7. The maximum absolute atomic E-state index is 12.7. The van der Waals surface area contributed by atoms with Crippen LogP contribution in [0.15, 0.2) is 53.3 Å². The van der Waals surface area contributed by atoms with E-state index in [4.69, 9.17) is 16.3 Å². The van der Waals surface area contributed by atoms with Gasteiger partial charge in [0.15, 0.2) is 0 Å². The van der Waals surface area contributed by atoms with Gasteiger partial charge in [-0.25, -0.2) is 9.78 Å². The van der Waals surface area contributed by atoms with E-state index < -0.39 is 0 Å². The van der Waals surface area contributed by atoms with E-state index in [1.165, 1.54) is 21.9 Å². The Hall–Kier alpha value is -3.47. The number of ether oxygens (including phenoxy) is 1. The molecule has 2 aromatic heterocycles. The van der Waals surface area contributed by atoms with Crippen molar-refractivity contribution in [3.63, 3.8) is 0 Å². The average molecular weight is 525 g/mol. The summed E-state index contributed by atoms with van der Waals surface area (Å²) >= 11 is 7.53. The third kappa shape index (κ3) is 5.20. The fourth-order valence-electron chi connectivity index (χ4n) is 4.02. The monoisotopic (exact) mass is 524 g/mol. The van der Waals surface area contributed by atoms with Crippen molar-refractivity contribution < 1.29 is 9.53 Å². The molecule has 2 amide bonds. The van der Waals surface area contributed by atoms with E-state index in [-0.39, 0.29) is 11.6 Å². The second kappa shape index (κ2) is 10.3. The van der Waals surface area contributed by atoms with Crippen LogP contribution in [0.2, 0.25) is 5.02 Å². The number of amides is 2. The molecule has 1 fully saturated rings. The van der Waals surface area contributed by atoms with Gasteiger partial charge in [0, 0.05) is 55.1 Å². The fraction of sp³-hybridized carbons (Fsp3) is 0.280. The lowest BCUT2D eigenvalue weighted by molar-refractivity contribution is 0.142. The van der Waals surface area contributed by atoms with Crippen LogP contribution in [0.25, 0.3) is 15.5 Å². The van der Waals surface area contributed by atoms with Gasteiger partial charge in [-0.3, -0.25) is 9.69 Å². The molecule has 0 spiro atoms. The van der Waals surface area contributed by atoms with E-state index in [0.29, 0.717) is 59.1 Å². The first-order chi connectivity index (χ1) is 17.4. The number of rotatable bonds is 5. The van der Waals surface area contributed by atoms with Crippen LogP contribution < -0.4 is 15.6 Å². The van der Waals surface area contributed by atoms with Gasteiger partial charge < -0.3 is 15.0 Å². The van der Waals surface area contributed by atoms with Crippen LogP contribution in [0.4, 0.5) is 10.5 Å². The minimum absolute atomic E-state index is 0.151. The molecule has 0 bridgehead atoms. The number of benzene rings is 2. The second-order valence-corrected chi connectivity index (χ2v) is 9.94. The maximum Gasteiger partial charge on any atom is 0.321 e. The Morgan fingerprint density at radius 2 is 1.94 bits per heavy atom. The van der Waals surface area contributed by atoms with Crippen LogP contribution in [0.1, 0.15) is 11.3 Å². The fourth-order valence-corrected chi connectivity index (χ4v) is 5.12. The highest BCUT2D eigenvalue weighted by Gasteiger charge is 2.22. The number of piperazine rings is 1. The molecule has 3 heterocycles. The van der Waals surface area contributed by atoms with Crippen LogP contribution in [0.3, 0.4) is 0 Å². The zero-order valence-electron chi connectivity index (χ0n) is 19.9. The Bertz CT molecular complexity index is 1480. The Labute approximate surface area is 216 Å². The quantitative estimate of drug-likeness (QED) is 0.422. The van der Waals surface area contributed by atoms with Crippen molar-refractivity contribution in [2.24, 2.45) is 0 Å². The molecule has 0 aliphatic carbocycles. The highest BCUT2D eigenvalue weighted by atomic mass is 35.5. The van der Waals surface area contributed by atoms with Crippen molar-refractivity contribution in [2.45, 2.75) is 13.5 Å². The number of nitrogens with one attached hydrogen (secondary N) is 1. The summed E-state index contributed by atoms with van der Waals surface area (Å²) < 4.78 is 6.63. The van der Waals surface area contributed by atoms with E-state index in [9.17, 15) is 9.59 Å². The molecule has 1 saturated heterocycles. The van der Waals surface area contributed by atoms with Crippen LogP contribution in [-0.4, -0.2) is 63.7 Å². The van der Waals surface area contributed by atoms with E-state index in [1.54, 1.807) is 18.1 Å². The summed E-state index contributed by atoms with van der Waals surface area (Å²) in [4.78, 5) is 34.6. The average Bonchev–Trinajstić information content (AvgIpc) is 3.32. The lowest BCUT2D eigenvalue weighted by atomic mass is 10.2. The molecule has 2 aromatic carbocycles. The molecule has 1 aliphatic heterocycles. The molecular formula is C25H25ClN6O3S. The van der Waals surface area contributed by atoms with Gasteiger partial charge in [0.05, 0.1) is 12.8 Å². The largest absolute Gasteiger partial charge is 0.497 e. The molecule has 36 heavy (non-hydrogen) atoms. The van der Waals surface area contributed by atoms with Crippen LogP contribution in [-0.2, 0) is 6.54 Å². The summed E-state index contributed by atoms with van der Waals surface area (Å²) in [6.45, 7) is 4.96. The number of aromatic nitrogens is 3. The molecule has 1 N–H and O–H groups in total. The molecule has 0 radical (unpaired) electrons. The summed E-state index contributed by atoms with van der Waals surface area (Å²) in [5.74, 6) is 0.725. The van der Waals surface area contributed by atoms with Crippen molar-refractivity contribution in [3.05, 3.63) is 75.2 Å². The number of fused-ring (bicyclic) bond motifs is 1. The number of halogens is 1. The number of urea groups is 1. The molecule has 0 atom stereocenters. The SMILES string of the molecule is COc1cccc(-c2nn3c(=O)cc(CN4CCN(C(=O)Nc5ccc(C)c(Cl)c5)CC4)nc3s2)c1. The summed E-state index contributed by atoms with van der Waals surface area (Å²) in [7, 11) is 1.61. The molecule has 0 unspecified atom stereocenters. The van der Waals surface area contributed by atoms with Crippen molar-refractivity contribution in [2.75, 3.05) is 38.6 Å². The maximum atomic E-state index is 12.7. The topological polar surface area (TPSA) is 92.1 Å². The minimum Gasteiger partial charge on any atom is -0.497 e. The number of methoxy groups -OCH3 is 1.